The van der Waals surface area contributed by atoms with Crippen molar-refractivity contribution in [3.05, 3.63) is 29.7 Å². The molecule has 0 saturated heterocycles. The molecule has 0 rings (SSSR count). The van der Waals surface area contributed by atoms with Crippen molar-refractivity contribution in [2.45, 2.75) is 27.7 Å². The van der Waals surface area contributed by atoms with Crippen LogP contribution >= 0.6 is 0 Å². The normalized spacial score (nSPS) is 13.2. The van der Waals surface area contributed by atoms with Gasteiger partial charge in [-0.3, -0.25) is 0 Å². The van der Waals surface area contributed by atoms with Crippen LogP contribution in [0.15, 0.2) is 29.7 Å². The first-order valence-electron chi connectivity index (χ1n) is 4.49. The van der Waals surface area contributed by atoms with Gasteiger partial charge in [-0.25, -0.2) is 0 Å². The van der Waals surface area contributed by atoms with Crippen LogP contribution in [0.1, 0.15) is 27.7 Å². The van der Waals surface area contributed by atoms with Gasteiger partial charge in [-0.2, -0.15) is 0 Å². The maximum Gasteiger partial charge on any atom is 0.0113 e. The SMILES string of the molecule is CC=C=CC(C)/C(C)=C\NCC. The summed E-state index contributed by atoms with van der Waals surface area (Å²) < 4.78 is 0. The second kappa shape index (κ2) is 6.75. The van der Waals surface area contributed by atoms with E-state index in [-0.39, 0.29) is 0 Å². The Balaban J connectivity index is 4.08. The smallest absolute Gasteiger partial charge is 0.0113 e. The van der Waals surface area contributed by atoms with Gasteiger partial charge in [0.25, 0.3) is 0 Å². The van der Waals surface area contributed by atoms with Crippen molar-refractivity contribution in [2.75, 3.05) is 6.54 Å². The van der Waals surface area contributed by atoms with E-state index in [1.807, 2.05) is 13.0 Å². The monoisotopic (exact) mass is 165 g/mol. The highest BCUT2D eigenvalue weighted by atomic mass is 14.8. The van der Waals surface area contributed by atoms with Crippen molar-refractivity contribution < 1.29 is 0 Å². The highest BCUT2D eigenvalue weighted by Crippen LogP contribution is 2.08. The second-order valence-corrected chi connectivity index (χ2v) is 2.86. The summed E-state index contributed by atoms with van der Waals surface area (Å²) in [4.78, 5) is 0. The van der Waals surface area contributed by atoms with Crippen molar-refractivity contribution in [3.8, 4) is 0 Å². The quantitative estimate of drug-likeness (QED) is 0.632. The molecule has 0 heterocycles. The zero-order valence-corrected chi connectivity index (χ0v) is 8.52. The summed E-state index contributed by atoms with van der Waals surface area (Å²) in [5.74, 6) is 0.472. The molecule has 0 aromatic carbocycles. The molecule has 0 radical (unpaired) electrons. The van der Waals surface area contributed by atoms with Crippen molar-refractivity contribution >= 4 is 0 Å². The van der Waals surface area contributed by atoms with Crippen LogP contribution in [0.25, 0.3) is 0 Å². The minimum atomic E-state index is 0.472. The molecule has 0 aliphatic rings. The predicted octanol–water partition coefficient (Wildman–Crippen LogP) is 2.87. The van der Waals surface area contributed by atoms with Gasteiger partial charge in [0.2, 0.25) is 0 Å². The molecule has 1 unspecified atom stereocenters. The van der Waals surface area contributed by atoms with Gasteiger partial charge in [-0.05, 0) is 39.1 Å². The first kappa shape index (κ1) is 11.1. The van der Waals surface area contributed by atoms with E-state index >= 15 is 0 Å². The first-order valence-corrected chi connectivity index (χ1v) is 4.49. The van der Waals surface area contributed by atoms with Gasteiger partial charge in [-0.1, -0.05) is 12.5 Å². The zero-order valence-electron chi connectivity index (χ0n) is 8.52. The lowest BCUT2D eigenvalue weighted by Gasteiger charge is -2.05. The molecule has 0 saturated carbocycles. The minimum absolute atomic E-state index is 0.472. The third kappa shape index (κ3) is 4.81. The Bertz CT molecular complexity index is 195. The molecule has 68 valence electrons. The maximum atomic E-state index is 3.19. The predicted molar refractivity (Wildman–Crippen MR) is 54.9 cm³/mol. The number of allylic oxidation sites excluding steroid dienone is 2. The van der Waals surface area contributed by atoms with Crippen LogP contribution in [0.4, 0.5) is 0 Å². The fourth-order valence-electron chi connectivity index (χ4n) is 0.767. The molecular formula is C11H19N. The molecular weight excluding hydrogens is 146 g/mol. The van der Waals surface area contributed by atoms with E-state index in [0.29, 0.717) is 5.92 Å². The fourth-order valence-corrected chi connectivity index (χ4v) is 0.767. The third-order valence-corrected chi connectivity index (χ3v) is 1.76. The Morgan fingerprint density at radius 3 is 2.75 bits per heavy atom. The second-order valence-electron chi connectivity index (χ2n) is 2.86. The summed E-state index contributed by atoms with van der Waals surface area (Å²) in [6, 6.07) is 0. The Morgan fingerprint density at radius 1 is 1.58 bits per heavy atom. The summed E-state index contributed by atoms with van der Waals surface area (Å²) in [7, 11) is 0. The lowest BCUT2D eigenvalue weighted by molar-refractivity contribution is 0.821. The molecule has 0 aromatic heterocycles. The molecule has 0 aliphatic heterocycles. The summed E-state index contributed by atoms with van der Waals surface area (Å²) in [6.45, 7) is 9.35. The van der Waals surface area contributed by atoms with Crippen LogP contribution in [0.2, 0.25) is 0 Å². The van der Waals surface area contributed by atoms with E-state index < -0.39 is 0 Å². The summed E-state index contributed by atoms with van der Waals surface area (Å²) in [5.41, 5.74) is 4.43. The maximum absolute atomic E-state index is 3.19. The van der Waals surface area contributed by atoms with E-state index in [4.69, 9.17) is 0 Å². The van der Waals surface area contributed by atoms with Crippen molar-refractivity contribution in [1.29, 1.82) is 0 Å². The Kier molecular flexibility index (Phi) is 6.22. The number of rotatable bonds is 4. The molecule has 0 amide bonds. The molecule has 1 nitrogen and oxygen atoms in total. The fraction of sp³-hybridized carbons (Fsp3) is 0.545. The van der Waals surface area contributed by atoms with Gasteiger partial charge in [0.05, 0.1) is 0 Å². The Hall–Kier alpha value is -0.940. The number of hydrogen-bond donors (Lipinski definition) is 1. The zero-order chi connectivity index (χ0) is 9.40. The van der Waals surface area contributed by atoms with E-state index in [1.165, 1.54) is 5.57 Å². The van der Waals surface area contributed by atoms with E-state index in [9.17, 15) is 0 Å². The number of nitrogens with one attached hydrogen (secondary N) is 1. The van der Waals surface area contributed by atoms with Crippen molar-refractivity contribution in [3.63, 3.8) is 0 Å². The van der Waals surface area contributed by atoms with E-state index in [0.717, 1.165) is 6.54 Å². The Labute approximate surface area is 75.9 Å². The summed E-state index contributed by atoms with van der Waals surface area (Å²) in [6.07, 6.45) is 6.07. The average Bonchev–Trinajstić information content (AvgIpc) is 2.10. The average molecular weight is 165 g/mol. The van der Waals surface area contributed by atoms with Crippen LogP contribution in [0.5, 0.6) is 0 Å². The minimum Gasteiger partial charge on any atom is -0.391 e. The first-order chi connectivity index (χ1) is 5.72. The van der Waals surface area contributed by atoms with Gasteiger partial charge in [-0.15, -0.1) is 5.73 Å². The molecule has 0 fully saturated rings. The molecule has 1 atom stereocenters. The molecule has 1 heteroatoms. The van der Waals surface area contributed by atoms with Crippen molar-refractivity contribution in [1.82, 2.24) is 5.32 Å². The van der Waals surface area contributed by atoms with Crippen LogP contribution in [-0.4, -0.2) is 6.54 Å². The lowest BCUT2D eigenvalue weighted by Crippen LogP contribution is -2.05. The van der Waals surface area contributed by atoms with Gasteiger partial charge >= 0.3 is 0 Å². The third-order valence-electron chi connectivity index (χ3n) is 1.76. The van der Waals surface area contributed by atoms with Gasteiger partial charge in [0.15, 0.2) is 0 Å². The van der Waals surface area contributed by atoms with Crippen LogP contribution in [0, 0.1) is 5.92 Å². The molecule has 12 heavy (non-hydrogen) atoms. The van der Waals surface area contributed by atoms with Gasteiger partial charge in [0.1, 0.15) is 0 Å². The molecule has 0 aliphatic carbocycles. The highest BCUT2D eigenvalue weighted by Gasteiger charge is 1.96. The topological polar surface area (TPSA) is 12.0 Å². The Morgan fingerprint density at radius 2 is 2.25 bits per heavy atom. The van der Waals surface area contributed by atoms with E-state index in [2.05, 4.69) is 44.1 Å². The summed E-state index contributed by atoms with van der Waals surface area (Å²) in [5, 5.41) is 3.19. The van der Waals surface area contributed by atoms with Crippen LogP contribution in [-0.2, 0) is 0 Å². The standard InChI is InChI=1S/C11H19N/c1-5-7-8-10(3)11(4)9-12-6-2/h5,8-10,12H,6H2,1-4H3/b11-9-. The van der Waals surface area contributed by atoms with Crippen LogP contribution in [0.3, 0.4) is 0 Å². The van der Waals surface area contributed by atoms with Gasteiger partial charge in [0, 0.05) is 12.5 Å². The molecule has 0 spiro atoms. The molecule has 0 bridgehead atoms. The number of hydrogen-bond acceptors (Lipinski definition) is 1. The molecule has 1 N–H and O–H groups in total. The largest absolute Gasteiger partial charge is 0.391 e. The van der Waals surface area contributed by atoms with Gasteiger partial charge < -0.3 is 5.32 Å². The van der Waals surface area contributed by atoms with Crippen LogP contribution < -0.4 is 5.32 Å². The van der Waals surface area contributed by atoms with Crippen molar-refractivity contribution in [2.24, 2.45) is 5.92 Å². The summed E-state index contributed by atoms with van der Waals surface area (Å²) >= 11 is 0. The molecule has 0 aromatic rings. The highest BCUT2D eigenvalue weighted by molar-refractivity contribution is 5.08. The van der Waals surface area contributed by atoms with E-state index in [1.54, 1.807) is 0 Å². The lowest BCUT2D eigenvalue weighted by atomic mass is 10.0.